The summed E-state index contributed by atoms with van der Waals surface area (Å²) in [5.41, 5.74) is 1.25. The third-order valence-corrected chi connectivity index (χ3v) is 3.77. The molecule has 1 nitrogen and oxygen atoms in total. The summed E-state index contributed by atoms with van der Waals surface area (Å²) < 4.78 is 0. The third kappa shape index (κ3) is 1.71. The van der Waals surface area contributed by atoms with Gasteiger partial charge in [-0.15, -0.1) is 11.8 Å². The second-order valence-corrected chi connectivity index (χ2v) is 4.68. The number of ketones is 1. The molecular formula is C12H14OS. The number of hydrogen-bond donors (Lipinski definition) is 0. The van der Waals surface area contributed by atoms with Gasteiger partial charge in [-0.25, -0.2) is 0 Å². The monoisotopic (exact) mass is 206 g/mol. The van der Waals surface area contributed by atoms with E-state index in [9.17, 15) is 4.79 Å². The number of hydrogen-bond acceptors (Lipinski definition) is 2. The van der Waals surface area contributed by atoms with Crippen molar-refractivity contribution in [1.29, 1.82) is 0 Å². The predicted molar refractivity (Wildman–Crippen MR) is 59.8 cm³/mol. The van der Waals surface area contributed by atoms with Crippen LogP contribution in [0.5, 0.6) is 0 Å². The molecule has 1 aliphatic heterocycles. The highest BCUT2D eigenvalue weighted by atomic mass is 32.2. The van der Waals surface area contributed by atoms with Gasteiger partial charge in [-0.3, -0.25) is 4.79 Å². The first-order chi connectivity index (χ1) is 6.83. The van der Waals surface area contributed by atoms with Gasteiger partial charge in [0.25, 0.3) is 0 Å². The second kappa shape index (κ2) is 4.18. The molecule has 74 valence electrons. The Balaban J connectivity index is 2.21. The van der Waals surface area contributed by atoms with E-state index in [-0.39, 0.29) is 5.92 Å². The van der Waals surface area contributed by atoms with Crippen molar-refractivity contribution in [2.75, 3.05) is 5.75 Å². The topological polar surface area (TPSA) is 17.1 Å². The fraction of sp³-hybridized carbons (Fsp3) is 0.417. The van der Waals surface area contributed by atoms with Gasteiger partial charge in [0, 0.05) is 17.1 Å². The van der Waals surface area contributed by atoms with E-state index >= 15 is 0 Å². The first kappa shape index (κ1) is 9.78. The van der Waals surface area contributed by atoms with Crippen molar-refractivity contribution in [3.8, 4) is 0 Å². The molecule has 0 spiro atoms. The fourth-order valence-corrected chi connectivity index (χ4v) is 3.11. The fourth-order valence-electron chi connectivity index (χ4n) is 1.85. The number of rotatable bonds is 3. The maximum Gasteiger partial charge on any atom is 0.141 e. The van der Waals surface area contributed by atoms with E-state index in [4.69, 9.17) is 0 Å². The van der Waals surface area contributed by atoms with Crippen LogP contribution in [0.15, 0.2) is 29.2 Å². The van der Waals surface area contributed by atoms with Crippen LogP contribution in [-0.4, -0.2) is 11.5 Å². The minimum Gasteiger partial charge on any atom is -0.299 e. The lowest BCUT2D eigenvalue weighted by atomic mass is 9.94. The lowest BCUT2D eigenvalue weighted by Gasteiger charge is -2.07. The molecule has 2 heteroatoms. The summed E-state index contributed by atoms with van der Waals surface area (Å²) in [6.45, 7) is 2.06. The SMILES string of the molecule is CCCC(=O)C1CSc2ccccc21. The highest BCUT2D eigenvalue weighted by molar-refractivity contribution is 7.99. The minimum absolute atomic E-state index is 0.163. The van der Waals surface area contributed by atoms with Gasteiger partial charge in [0.1, 0.15) is 5.78 Å². The van der Waals surface area contributed by atoms with E-state index in [2.05, 4.69) is 19.1 Å². The van der Waals surface area contributed by atoms with E-state index in [1.54, 1.807) is 0 Å². The molecule has 1 aromatic rings. The molecule has 0 saturated carbocycles. The highest BCUT2D eigenvalue weighted by Gasteiger charge is 2.27. The summed E-state index contributed by atoms with van der Waals surface area (Å²) in [6, 6.07) is 8.27. The van der Waals surface area contributed by atoms with Crippen molar-refractivity contribution in [2.24, 2.45) is 0 Å². The van der Waals surface area contributed by atoms with E-state index in [0.717, 1.165) is 18.6 Å². The average Bonchev–Trinajstić information content (AvgIpc) is 2.61. The van der Waals surface area contributed by atoms with Gasteiger partial charge in [-0.1, -0.05) is 25.1 Å². The number of thioether (sulfide) groups is 1. The van der Waals surface area contributed by atoms with Crippen LogP contribution in [0, 0.1) is 0 Å². The maximum atomic E-state index is 11.8. The molecule has 14 heavy (non-hydrogen) atoms. The molecule has 0 N–H and O–H groups in total. The standard InChI is InChI=1S/C12H14OS/c1-2-5-11(13)10-8-14-12-7-4-3-6-9(10)12/h3-4,6-7,10H,2,5,8H2,1H3. The average molecular weight is 206 g/mol. The van der Waals surface area contributed by atoms with Crippen LogP contribution in [0.1, 0.15) is 31.2 Å². The number of benzene rings is 1. The van der Waals surface area contributed by atoms with Crippen molar-refractivity contribution in [3.05, 3.63) is 29.8 Å². The molecule has 0 amide bonds. The molecule has 1 aromatic carbocycles. The molecular weight excluding hydrogens is 192 g/mol. The molecule has 1 atom stereocenters. The lowest BCUT2D eigenvalue weighted by molar-refractivity contribution is -0.120. The Morgan fingerprint density at radius 2 is 2.29 bits per heavy atom. The van der Waals surface area contributed by atoms with Crippen molar-refractivity contribution in [3.63, 3.8) is 0 Å². The Hall–Kier alpha value is -0.760. The number of carbonyl (C=O) groups excluding carboxylic acids is 1. The Morgan fingerprint density at radius 3 is 3.07 bits per heavy atom. The predicted octanol–water partition coefficient (Wildman–Crippen LogP) is 3.25. The van der Waals surface area contributed by atoms with Crippen LogP contribution in [0.2, 0.25) is 0 Å². The van der Waals surface area contributed by atoms with Crippen molar-refractivity contribution < 1.29 is 4.79 Å². The zero-order valence-corrected chi connectivity index (χ0v) is 9.14. The van der Waals surface area contributed by atoms with E-state index in [1.807, 2.05) is 23.9 Å². The van der Waals surface area contributed by atoms with Crippen LogP contribution in [-0.2, 0) is 4.79 Å². The summed E-state index contributed by atoms with van der Waals surface area (Å²) in [6.07, 6.45) is 1.68. The Morgan fingerprint density at radius 1 is 1.50 bits per heavy atom. The summed E-state index contributed by atoms with van der Waals surface area (Å²) in [4.78, 5) is 13.1. The van der Waals surface area contributed by atoms with Crippen molar-refractivity contribution >= 4 is 17.5 Å². The van der Waals surface area contributed by atoms with Gasteiger partial charge in [-0.2, -0.15) is 0 Å². The van der Waals surface area contributed by atoms with Gasteiger partial charge in [-0.05, 0) is 18.1 Å². The van der Waals surface area contributed by atoms with Crippen molar-refractivity contribution in [2.45, 2.75) is 30.6 Å². The zero-order chi connectivity index (χ0) is 9.97. The highest BCUT2D eigenvalue weighted by Crippen LogP contribution is 2.40. The van der Waals surface area contributed by atoms with Crippen LogP contribution < -0.4 is 0 Å². The van der Waals surface area contributed by atoms with E-state index in [1.165, 1.54) is 10.5 Å². The van der Waals surface area contributed by atoms with Crippen LogP contribution >= 0.6 is 11.8 Å². The first-order valence-corrected chi connectivity index (χ1v) is 6.06. The van der Waals surface area contributed by atoms with Gasteiger partial charge in [0.05, 0.1) is 5.92 Å². The van der Waals surface area contributed by atoms with Crippen LogP contribution in [0.4, 0.5) is 0 Å². The molecule has 1 unspecified atom stereocenters. The molecule has 1 aliphatic rings. The Labute approximate surface area is 88.9 Å². The minimum atomic E-state index is 0.163. The quantitative estimate of drug-likeness (QED) is 0.755. The van der Waals surface area contributed by atoms with Crippen LogP contribution in [0.25, 0.3) is 0 Å². The Kier molecular flexibility index (Phi) is 2.92. The second-order valence-electron chi connectivity index (χ2n) is 3.62. The normalized spacial score (nSPS) is 19.4. The summed E-state index contributed by atoms with van der Waals surface area (Å²) in [7, 11) is 0. The summed E-state index contributed by atoms with van der Waals surface area (Å²) >= 11 is 1.81. The molecule has 2 rings (SSSR count). The zero-order valence-electron chi connectivity index (χ0n) is 8.32. The molecule has 0 bridgehead atoms. The molecule has 0 fully saturated rings. The van der Waals surface area contributed by atoms with Crippen molar-refractivity contribution in [1.82, 2.24) is 0 Å². The maximum absolute atomic E-state index is 11.8. The van der Waals surface area contributed by atoms with Gasteiger partial charge in [0.15, 0.2) is 0 Å². The van der Waals surface area contributed by atoms with E-state index in [0.29, 0.717) is 5.78 Å². The number of Topliss-reactive ketones (excluding diaryl/α,β-unsaturated/α-hetero) is 1. The molecule has 0 aliphatic carbocycles. The number of fused-ring (bicyclic) bond motifs is 1. The molecule has 1 heterocycles. The van der Waals surface area contributed by atoms with Gasteiger partial charge in [0.2, 0.25) is 0 Å². The third-order valence-electron chi connectivity index (χ3n) is 2.58. The summed E-state index contributed by atoms with van der Waals surface area (Å²) in [5.74, 6) is 1.51. The summed E-state index contributed by atoms with van der Waals surface area (Å²) in [5, 5.41) is 0. The van der Waals surface area contributed by atoms with Gasteiger partial charge >= 0.3 is 0 Å². The molecule has 0 saturated heterocycles. The van der Waals surface area contributed by atoms with Crippen LogP contribution in [0.3, 0.4) is 0 Å². The number of carbonyl (C=O) groups is 1. The Bertz CT molecular complexity index is 346. The lowest BCUT2D eigenvalue weighted by Crippen LogP contribution is -2.11. The first-order valence-electron chi connectivity index (χ1n) is 5.07. The smallest absolute Gasteiger partial charge is 0.141 e. The van der Waals surface area contributed by atoms with Gasteiger partial charge < -0.3 is 0 Å². The largest absolute Gasteiger partial charge is 0.299 e. The molecule has 0 aromatic heterocycles. The molecule has 0 radical (unpaired) electrons. The van der Waals surface area contributed by atoms with E-state index < -0.39 is 0 Å².